The summed E-state index contributed by atoms with van der Waals surface area (Å²) >= 11 is 0. The molecule has 0 spiro atoms. The number of benzene rings is 2. The summed E-state index contributed by atoms with van der Waals surface area (Å²) in [6.07, 6.45) is 1.31. The minimum absolute atomic E-state index is 0.198. The van der Waals surface area contributed by atoms with Gasteiger partial charge in [-0.1, -0.05) is 36.4 Å². The van der Waals surface area contributed by atoms with Crippen LogP contribution in [0.1, 0.15) is 39.8 Å². The van der Waals surface area contributed by atoms with Gasteiger partial charge in [-0.2, -0.15) is 0 Å². The van der Waals surface area contributed by atoms with Crippen LogP contribution in [0.2, 0.25) is 0 Å². The molecule has 4 aromatic rings. The van der Waals surface area contributed by atoms with E-state index in [1.54, 1.807) is 55.6 Å². The van der Waals surface area contributed by atoms with Crippen LogP contribution in [0, 0.1) is 18.6 Å². The summed E-state index contributed by atoms with van der Waals surface area (Å²) < 4.78 is 35.1. The maximum Gasteiger partial charge on any atom is 0.305 e. The lowest BCUT2D eigenvalue weighted by atomic mass is 10.0. The summed E-state index contributed by atoms with van der Waals surface area (Å²) in [6, 6.07) is 14.8. The molecule has 0 saturated heterocycles. The van der Waals surface area contributed by atoms with Crippen LogP contribution in [-0.4, -0.2) is 26.4 Å². The first-order chi connectivity index (χ1) is 16.3. The minimum Gasteiger partial charge on any atom is -0.485 e. The van der Waals surface area contributed by atoms with E-state index in [0.29, 0.717) is 11.3 Å². The summed E-state index contributed by atoms with van der Waals surface area (Å²) in [5, 5.41) is 12.1. The lowest BCUT2D eigenvalue weighted by Crippen LogP contribution is -2.31. The van der Waals surface area contributed by atoms with Crippen LogP contribution < -0.4 is 10.1 Å². The van der Waals surface area contributed by atoms with Gasteiger partial charge in [0, 0.05) is 6.20 Å². The zero-order valence-corrected chi connectivity index (χ0v) is 18.2. The highest BCUT2D eigenvalue weighted by Crippen LogP contribution is 2.25. The normalized spacial score (nSPS) is 11.9. The summed E-state index contributed by atoms with van der Waals surface area (Å²) in [4.78, 5) is 29.0. The van der Waals surface area contributed by atoms with E-state index in [0.717, 1.165) is 12.1 Å². The van der Waals surface area contributed by atoms with Gasteiger partial charge in [-0.3, -0.25) is 14.0 Å². The molecular weight excluding hydrogens is 444 g/mol. The standard InChI is InChI=1S/C25H21F2N3O4/c1-15-23(25(33)29-20(13-22(31)32)16-7-3-2-4-8-16)30-12-6-11-21(24(30)28-15)34-14-17-18(26)9-5-10-19(17)27/h2-12,20H,13-14H2,1H3,(H,29,33)(H,31,32)/t20-/m0/s1. The average molecular weight is 465 g/mol. The van der Waals surface area contributed by atoms with E-state index in [-0.39, 0.29) is 35.7 Å². The molecule has 2 heterocycles. The Hall–Kier alpha value is -4.27. The number of nitrogens with one attached hydrogen (secondary N) is 1. The van der Waals surface area contributed by atoms with Gasteiger partial charge in [0.05, 0.1) is 23.7 Å². The zero-order valence-electron chi connectivity index (χ0n) is 18.2. The predicted molar refractivity (Wildman–Crippen MR) is 120 cm³/mol. The average Bonchev–Trinajstić information content (AvgIpc) is 3.15. The second-order valence-electron chi connectivity index (χ2n) is 7.64. The number of carbonyl (C=O) groups is 2. The minimum atomic E-state index is -1.06. The number of pyridine rings is 1. The van der Waals surface area contributed by atoms with Crippen molar-refractivity contribution in [1.82, 2.24) is 14.7 Å². The van der Waals surface area contributed by atoms with Crippen molar-refractivity contribution in [3.8, 4) is 5.75 Å². The van der Waals surface area contributed by atoms with Gasteiger partial charge >= 0.3 is 5.97 Å². The quantitative estimate of drug-likeness (QED) is 0.401. The third-order valence-corrected chi connectivity index (χ3v) is 5.32. The molecule has 2 aromatic carbocycles. The van der Waals surface area contributed by atoms with Crippen LogP contribution in [0.15, 0.2) is 66.9 Å². The fourth-order valence-corrected chi connectivity index (χ4v) is 3.70. The number of amides is 1. The van der Waals surface area contributed by atoms with Crippen molar-refractivity contribution in [1.29, 1.82) is 0 Å². The summed E-state index contributed by atoms with van der Waals surface area (Å²) in [5.41, 5.74) is 1.30. The molecule has 0 aliphatic rings. The Morgan fingerprint density at radius 3 is 2.44 bits per heavy atom. The predicted octanol–water partition coefficient (Wildman–Crippen LogP) is 4.45. The van der Waals surface area contributed by atoms with E-state index in [1.165, 1.54) is 10.5 Å². The number of hydrogen-bond donors (Lipinski definition) is 2. The number of ether oxygens (including phenoxy) is 1. The van der Waals surface area contributed by atoms with Gasteiger partial charge < -0.3 is 15.2 Å². The van der Waals surface area contributed by atoms with Gasteiger partial charge in [-0.05, 0) is 36.8 Å². The van der Waals surface area contributed by atoms with E-state index >= 15 is 0 Å². The zero-order chi connectivity index (χ0) is 24.2. The lowest BCUT2D eigenvalue weighted by Gasteiger charge is -2.17. The third kappa shape index (κ3) is 4.73. The molecule has 1 amide bonds. The molecule has 2 N–H and O–H groups in total. The highest BCUT2D eigenvalue weighted by Gasteiger charge is 2.24. The first kappa shape index (κ1) is 22.9. The van der Waals surface area contributed by atoms with Crippen molar-refractivity contribution in [2.24, 2.45) is 0 Å². The SMILES string of the molecule is Cc1nc2c(OCc3c(F)cccc3F)cccn2c1C(=O)N[C@@H](CC(=O)O)c1ccccc1. The highest BCUT2D eigenvalue weighted by molar-refractivity contribution is 5.95. The molecule has 0 aliphatic heterocycles. The Labute approximate surface area is 193 Å². The molecule has 0 unspecified atom stereocenters. The monoisotopic (exact) mass is 465 g/mol. The highest BCUT2D eigenvalue weighted by atomic mass is 19.1. The number of hydrogen-bond acceptors (Lipinski definition) is 4. The molecule has 174 valence electrons. The number of halogens is 2. The second-order valence-corrected chi connectivity index (χ2v) is 7.64. The fourth-order valence-electron chi connectivity index (χ4n) is 3.70. The number of aromatic nitrogens is 2. The lowest BCUT2D eigenvalue weighted by molar-refractivity contribution is -0.137. The third-order valence-electron chi connectivity index (χ3n) is 5.32. The molecule has 0 aliphatic carbocycles. The van der Waals surface area contributed by atoms with Gasteiger partial charge in [0.1, 0.15) is 23.9 Å². The van der Waals surface area contributed by atoms with Gasteiger partial charge in [0.15, 0.2) is 11.4 Å². The fraction of sp³-hybridized carbons (Fsp3) is 0.160. The first-order valence-corrected chi connectivity index (χ1v) is 10.5. The molecule has 0 radical (unpaired) electrons. The number of aliphatic carboxylic acids is 1. The van der Waals surface area contributed by atoms with Crippen LogP contribution in [0.3, 0.4) is 0 Å². The number of carboxylic acid groups (broad SMARTS) is 1. The number of carbonyl (C=O) groups excluding carboxylic acids is 1. The molecule has 9 heteroatoms. The number of carboxylic acids is 1. The van der Waals surface area contributed by atoms with Crippen molar-refractivity contribution in [3.05, 3.63) is 101 Å². The first-order valence-electron chi connectivity index (χ1n) is 10.5. The van der Waals surface area contributed by atoms with Crippen LogP contribution in [-0.2, 0) is 11.4 Å². The Morgan fingerprint density at radius 2 is 1.76 bits per heavy atom. The smallest absolute Gasteiger partial charge is 0.305 e. The molecule has 0 saturated carbocycles. The molecule has 7 nitrogen and oxygen atoms in total. The second kappa shape index (κ2) is 9.70. The van der Waals surface area contributed by atoms with Gasteiger partial charge in [0.25, 0.3) is 5.91 Å². The van der Waals surface area contributed by atoms with Crippen molar-refractivity contribution in [2.45, 2.75) is 26.0 Å². The van der Waals surface area contributed by atoms with Crippen LogP contribution >= 0.6 is 0 Å². The molecular formula is C25H21F2N3O4. The molecule has 0 fully saturated rings. The summed E-state index contributed by atoms with van der Waals surface area (Å²) in [7, 11) is 0. The summed E-state index contributed by atoms with van der Waals surface area (Å²) in [5.74, 6) is -2.79. The van der Waals surface area contributed by atoms with Gasteiger partial charge in [-0.15, -0.1) is 0 Å². The topological polar surface area (TPSA) is 92.9 Å². The van der Waals surface area contributed by atoms with Crippen molar-refractivity contribution in [2.75, 3.05) is 0 Å². The van der Waals surface area contributed by atoms with Crippen LogP contribution in [0.5, 0.6) is 5.75 Å². The maximum absolute atomic E-state index is 14.0. The number of aryl methyl sites for hydroxylation is 1. The van der Waals surface area contributed by atoms with E-state index in [1.807, 2.05) is 0 Å². The number of nitrogens with zero attached hydrogens (tertiary/aromatic N) is 2. The Bertz CT molecular complexity index is 1340. The van der Waals surface area contributed by atoms with Crippen molar-refractivity contribution < 1.29 is 28.2 Å². The molecule has 1 atom stereocenters. The van der Waals surface area contributed by atoms with Crippen molar-refractivity contribution >= 4 is 17.5 Å². The number of imidazole rings is 1. The molecule has 34 heavy (non-hydrogen) atoms. The van der Waals surface area contributed by atoms with Crippen LogP contribution in [0.25, 0.3) is 5.65 Å². The van der Waals surface area contributed by atoms with E-state index in [9.17, 15) is 23.5 Å². The molecule has 0 bridgehead atoms. The Kier molecular flexibility index (Phi) is 6.53. The number of fused-ring (bicyclic) bond motifs is 1. The van der Waals surface area contributed by atoms with E-state index in [4.69, 9.17) is 4.74 Å². The molecule has 2 aromatic heterocycles. The van der Waals surface area contributed by atoms with Gasteiger partial charge in [-0.25, -0.2) is 13.8 Å². The molecule has 4 rings (SSSR count). The van der Waals surface area contributed by atoms with E-state index in [2.05, 4.69) is 10.3 Å². The van der Waals surface area contributed by atoms with Crippen LogP contribution in [0.4, 0.5) is 8.78 Å². The maximum atomic E-state index is 14.0. The van der Waals surface area contributed by atoms with E-state index < -0.39 is 29.6 Å². The Balaban J connectivity index is 1.62. The Morgan fingerprint density at radius 1 is 1.06 bits per heavy atom. The van der Waals surface area contributed by atoms with Crippen molar-refractivity contribution in [3.63, 3.8) is 0 Å². The summed E-state index contributed by atoms with van der Waals surface area (Å²) in [6.45, 7) is 1.28. The van der Waals surface area contributed by atoms with Gasteiger partial charge in [0.2, 0.25) is 0 Å². The number of rotatable bonds is 8. The largest absolute Gasteiger partial charge is 0.485 e.